The fourth-order valence-electron chi connectivity index (χ4n) is 4.90. The number of nitrogens with one attached hydrogen (secondary N) is 2. The highest BCUT2D eigenvalue weighted by Crippen LogP contribution is 2.30. The molecule has 9 nitrogen and oxygen atoms in total. The van der Waals surface area contributed by atoms with Gasteiger partial charge in [0.1, 0.15) is 5.82 Å². The van der Waals surface area contributed by atoms with Gasteiger partial charge in [-0.2, -0.15) is 0 Å². The van der Waals surface area contributed by atoms with E-state index < -0.39 is 0 Å². The van der Waals surface area contributed by atoms with Gasteiger partial charge in [0.15, 0.2) is 0 Å². The summed E-state index contributed by atoms with van der Waals surface area (Å²) in [6.07, 6.45) is 4.00. The number of carbonyl (C=O) groups excluding carboxylic acids is 3. The van der Waals surface area contributed by atoms with Crippen LogP contribution >= 0.6 is 0 Å². The normalized spacial score (nSPS) is 16.0. The van der Waals surface area contributed by atoms with Crippen LogP contribution in [0.2, 0.25) is 0 Å². The molecule has 0 atom stereocenters. The summed E-state index contributed by atoms with van der Waals surface area (Å²) in [5, 5.41) is 6.30. The zero-order valence-electron chi connectivity index (χ0n) is 21.6. The van der Waals surface area contributed by atoms with Crippen LogP contribution in [0.3, 0.4) is 0 Å². The Morgan fingerprint density at radius 1 is 0.744 bits per heavy atom. The predicted octanol–water partition coefficient (Wildman–Crippen LogP) is 2.87. The highest BCUT2D eigenvalue weighted by atomic mass is 19.1. The lowest BCUT2D eigenvalue weighted by Gasteiger charge is -2.37. The van der Waals surface area contributed by atoms with Crippen LogP contribution in [0.4, 0.5) is 15.8 Å². The first-order chi connectivity index (χ1) is 19.0. The van der Waals surface area contributed by atoms with Gasteiger partial charge in [0.2, 0.25) is 0 Å². The van der Waals surface area contributed by atoms with Crippen LogP contribution in [-0.2, 0) is 0 Å². The Bertz CT molecular complexity index is 1320. The van der Waals surface area contributed by atoms with E-state index in [9.17, 15) is 18.8 Å². The van der Waals surface area contributed by atoms with E-state index in [1.807, 2.05) is 11.0 Å². The van der Waals surface area contributed by atoms with E-state index in [1.165, 1.54) is 24.3 Å². The number of hydrogen-bond donors (Lipinski definition) is 2. The maximum absolute atomic E-state index is 13.3. The maximum atomic E-state index is 13.3. The summed E-state index contributed by atoms with van der Waals surface area (Å²) in [5.41, 5.74) is 2.73. The molecule has 0 bridgehead atoms. The molecule has 2 aliphatic rings. The predicted molar refractivity (Wildman–Crippen MR) is 147 cm³/mol. The van der Waals surface area contributed by atoms with Crippen LogP contribution < -0.4 is 15.5 Å². The minimum Gasteiger partial charge on any atom is -0.366 e. The first-order valence-corrected chi connectivity index (χ1v) is 13.1. The number of rotatable bonds is 5. The molecule has 3 aromatic rings. The third-order valence-electron chi connectivity index (χ3n) is 7.06. The van der Waals surface area contributed by atoms with Gasteiger partial charge >= 0.3 is 0 Å². The van der Waals surface area contributed by atoms with Crippen molar-refractivity contribution in [2.75, 3.05) is 62.6 Å². The van der Waals surface area contributed by atoms with Crippen LogP contribution in [-0.4, -0.2) is 84.9 Å². The van der Waals surface area contributed by atoms with E-state index in [4.69, 9.17) is 0 Å². The minimum absolute atomic E-state index is 0.0700. The molecule has 3 amide bonds. The molecule has 2 aliphatic heterocycles. The first kappa shape index (κ1) is 26.3. The van der Waals surface area contributed by atoms with Gasteiger partial charge in [-0.1, -0.05) is 0 Å². The highest BCUT2D eigenvalue weighted by molar-refractivity contribution is 6.07. The largest absolute Gasteiger partial charge is 0.366 e. The summed E-state index contributed by atoms with van der Waals surface area (Å²) in [4.78, 5) is 48.9. The second kappa shape index (κ2) is 12.0. The van der Waals surface area contributed by atoms with Crippen molar-refractivity contribution in [2.45, 2.75) is 6.42 Å². The molecule has 0 saturated carbocycles. The maximum Gasteiger partial charge on any atom is 0.255 e. The SMILES string of the molecule is O=C(Nc1cc(C(=O)N2CCCNCC2)ccc1N1CCN(C(=O)c2ccc(F)cc2)CC1)c1ccncc1. The number of pyridine rings is 1. The molecule has 2 aromatic carbocycles. The number of amides is 3. The number of hydrogen-bond acceptors (Lipinski definition) is 6. The van der Waals surface area contributed by atoms with Gasteiger partial charge in [-0.3, -0.25) is 19.4 Å². The van der Waals surface area contributed by atoms with Crippen molar-refractivity contribution in [1.29, 1.82) is 0 Å². The summed E-state index contributed by atoms with van der Waals surface area (Å²) in [7, 11) is 0. The molecule has 3 heterocycles. The number of halogens is 1. The zero-order valence-corrected chi connectivity index (χ0v) is 21.6. The molecule has 0 radical (unpaired) electrons. The van der Waals surface area contributed by atoms with Crippen molar-refractivity contribution in [3.63, 3.8) is 0 Å². The fourth-order valence-corrected chi connectivity index (χ4v) is 4.90. The van der Waals surface area contributed by atoms with Crippen LogP contribution in [0, 0.1) is 5.82 Å². The number of nitrogens with zero attached hydrogens (tertiary/aromatic N) is 4. The van der Waals surface area contributed by atoms with Gasteiger partial charge in [0, 0.05) is 74.9 Å². The third kappa shape index (κ3) is 6.23. The molecule has 0 spiro atoms. The van der Waals surface area contributed by atoms with Crippen molar-refractivity contribution in [3.8, 4) is 0 Å². The number of carbonyl (C=O) groups is 3. The standard InChI is InChI=1S/C29H31FN6O3/c30-24-5-2-22(3-6-24)28(38)36-18-16-34(17-19-36)26-7-4-23(29(39)35-14-1-10-31-13-15-35)20-25(26)33-27(37)21-8-11-32-12-9-21/h2-9,11-12,20,31H,1,10,13-19H2,(H,33,37). The molecular formula is C29H31FN6O3. The molecule has 2 N–H and O–H groups in total. The van der Waals surface area contributed by atoms with Crippen molar-refractivity contribution < 1.29 is 18.8 Å². The Morgan fingerprint density at radius 3 is 2.15 bits per heavy atom. The lowest BCUT2D eigenvalue weighted by molar-refractivity contribution is 0.0743. The average Bonchev–Trinajstić information content (AvgIpc) is 3.27. The fraction of sp³-hybridized carbons (Fsp3) is 0.310. The Morgan fingerprint density at radius 2 is 1.41 bits per heavy atom. The van der Waals surface area contributed by atoms with Gasteiger partial charge in [-0.25, -0.2) is 4.39 Å². The Balaban J connectivity index is 1.36. The molecule has 2 saturated heterocycles. The summed E-state index contributed by atoms with van der Waals surface area (Å²) in [6, 6.07) is 14.2. The molecule has 202 valence electrons. The number of anilines is 2. The Kier molecular flexibility index (Phi) is 8.12. The van der Waals surface area contributed by atoms with E-state index in [0.717, 1.165) is 25.2 Å². The van der Waals surface area contributed by atoms with Crippen molar-refractivity contribution in [2.24, 2.45) is 0 Å². The molecule has 1 aromatic heterocycles. The highest BCUT2D eigenvalue weighted by Gasteiger charge is 2.26. The second-order valence-electron chi connectivity index (χ2n) is 9.60. The molecule has 2 fully saturated rings. The topological polar surface area (TPSA) is 97.9 Å². The quantitative estimate of drug-likeness (QED) is 0.527. The van der Waals surface area contributed by atoms with Crippen LogP contribution in [0.1, 0.15) is 37.5 Å². The van der Waals surface area contributed by atoms with Crippen LogP contribution in [0.5, 0.6) is 0 Å². The van der Waals surface area contributed by atoms with E-state index in [-0.39, 0.29) is 23.5 Å². The third-order valence-corrected chi connectivity index (χ3v) is 7.06. The molecule has 0 aliphatic carbocycles. The Hall–Kier alpha value is -4.31. The molecular weight excluding hydrogens is 499 g/mol. The second-order valence-corrected chi connectivity index (χ2v) is 9.60. The van der Waals surface area contributed by atoms with Gasteiger partial charge in [0.25, 0.3) is 17.7 Å². The van der Waals surface area contributed by atoms with E-state index in [0.29, 0.717) is 61.6 Å². The van der Waals surface area contributed by atoms with Crippen LogP contribution in [0.15, 0.2) is 67.0 Å². The molecule has 10 heteroatoms. The molecule has 0 unspecified atom stereocenters. The monoisotopic (exact) mass is 530 g/mol. The van der Waals surface area contributed by atoms with Gasteiger partial charge in [0.05, 0.1) is 11.4 Å². The average molecular weight is 531 g/mol. The van der Waals surface area contributed by atoms with Crippen molar-refractivity contribution >= 4 is 29.1 Å². The van der Waals surface area contributed by atoms with Crippen LogP contribution in [0.25, 0.3) is 0 Å². The number of piperazine rings is 1. The number of aromatic nitrogens is 1. The summed E-state index contributed by atoms with van der Waals surface area (Å²) < 4.78 is 13.3. The molecule has 39 heavy (non-hydrogen) atoms. The van der Waals surface area contributed by atoms with Gasteiger partial charge < -0.3 is 25.3 Å². The lowest BCUT2D eigenvalue weighted by Crippen LogP contribution is -2.49. The summed E-state index contributed by atoms with van der Waals surface area (Å²) in [6.45, 7) is 4.94. The first-order valence-electron chi connectivity index (χ1n) is 13.1. The van der Waals surface area contributed by atoms with Gasteiger partial charge in [-0.15, -0.1) is 0 Å². The van der Waals surface area contributed by atoms with E-state index in [1.54, 1.807) is 41.6 Å². The number of benzene rings is 2. The van der Waals surface area contributed by atoms with E-state index >= 15 is 0 Å². The summed E-state index contributed by atoms with van der Waals surface area (Å²) in [5.74, 6) is -0.896. The molecule has 5 rings (SSSR count). The lowest BCUT2D eigenvalue weighted by atomic mass is 10.1. The zero-order chi connectivity index (χ0) is 27.2. The summed E-state index contributed by atoms with van der Waals surface area (Å²) >= 11 is 0. The van der Waals surface area contributed by atoms with E-state index in [2.05, 4.69) is 20.5 Å². The minimum atomic E-state index is -0.382. The smallest absolute Gasteiger partial charge is 0.255 e. The van der Waals surface area contributed by atoms with Crippen molar-refractivity contribution in [1.82, 2.24) is 20.1 Å². The Labute approximate surface area is 226 Å². The van der Waals surface area contributed by atoms with Gasteiger partial charge in [-0.05, 0) is 67.6 Å². The van der Waals surface area contributed by atoms with Crippen molar-refractivity contribution in [3.05, 3.63) is 89.5 Å².